The minimum absolute atomic E-state index is 0.0119. The molecule has 0 aromatic heterocycles. The van der Waals surface area contributed by atoms with E-state index in [0.29, 0.717) is 0 Å². The molecule has 1 aromatic rings. The van der Waals surface area contributed by atoms with Crippen molar-refractivity contribution in [2.24, 2.45) is 5.92 Å². The van der Waals surface area contributed by atoms with Crippen molar-refractivity contribution >= 4 is 23.9 Å². The topological polar surface area (TPSA) is 149 Å². The van der Waals surface area contributed by atoms with Crippen LogP contribution in [0.2, 0.25) is 0 Å². The van der Waals surface area contributed by atoms with Crippen LogP contribution < -0.4 is 0 Å². The van der Waals surface area contributed by atoms with Crippen LogP contribution in [0.4, 0.5) is 0 Å². The number of fused-ring (bicyclic) bond motifs is 1. The van der Waals surface area contributed by atoms with E-state index in [-0.39, 0.29) is 24.0 Å². The Hall–Kier alpha value is -2.90. The molecule has 128 valence electrons. The molecule has 0 heterocycles. The number of benzene rings is 1. The van der Waals surface area contributed by atoms with Crippen LogP contribution in [0.25, 0.3) is 0 Å². The predicted molar refractivity (Wildman–Crippen MR) is 78.7 cm³/mol. The summed E-state index contributed by atoms with van der Waals surface area (Å²) in [4.78, 5) is 45.8. The van der Waals surface area contributed by atoms with Crippen molar-refractivity contribution in [2.45, 2.75) is 30.6 Å². The zero-order chi connectivity index (χ0) is 18.1. The fraction of sp³-hybridized carbons (Fsp3) is 0.375. The Balaban J connectivity index is 2.60. The molecule has 4 N–H and O–H groups in total. The summed E-state index contributed by atoms with van der Waals surface area (Å²) in [5, 5.41) is 37.3. The van der Waals surface area contributed by atoms with Crippen LogP contribution in [0, 0.1) is 5.92 Å². The smallest absolute Gasteiger partial charge is 0.325 e. The summed E-state index contributed by atoms with van der Waals surface area (Å²) in [5.74, 6) is -7.66. The first-order valence-corrected chi connectivity index (χ1v) is 7.22. The Bertz CT molecular complexity index is 694. The molecule has 0 saturated carbocycles. The maximum atomic E-state index is 11.7. The quantitative estimate of drug-likeness (QED) is 0.565. The third-order valence-electron chi connectivity index (χ3n) is 4.58. The predicted octanol–water partition coefficient (Wildman–Crippen LogP) is 1.15. The third kappa shape index (κ3) is 2.70. The second-order valence-electron chi connectivity index (χ2n) is 5.79. The molecule has 0 radical (unpaired) electrons. The second-order valence-corrected chi connectivity index (χ2v) is 5.79. The Kier molecular flexibility index (Phi) is 4.59. The first kappa shape index (κ1) is 17.5. The number of aliphatic carboxylic acids is 4. The van der Waals surface area contributed by atoms with E-state index < -0.39 is 47.5 Å². The molecule has 2 rings (SSSR count). The van der Waals surface area contributed by atoms with Gasteiger partial charge in [-0.05, 0) is 29.9 Å². The normalized spacial score (nSPS) is 19.8. The lowest BCUT2D eigenvalue weighted by atomic mass is 9.63. The van der Waals surface area contributed by atoms with E-state index in [1.165, 1.54) is 18.2 Å². The monoisotopic (exact) mass is 336 g/mol. The van der Waals surface area contributed by atoms with E-state index in [0.717, 1.165) is 0 Å². The summed E-state index contributed by atoms with van der Waals surface area (Å²) in [6, 6.07) is 5.85. The van der Waals surface area contributed by atoms with E-state index in [2.05, 4.69) is 0 Å². The first-order chi connectivity index (χ1) is 11.2. The van der Waals surface area contributed by atoms with Gasteiger partial charge in [-0.2, -0.15) is 0 Å². The van der Waals surface area contributed by atoms with Gasteiger partial charge in [-0.1, -0.05) is 24.3 Å². The van der Waals surface area contributed by atoms with Crippen molar-refractivity contribution in [2.75, 3.05) is 0 Å². The molecule has 8 nitrogen and oxygen atoms in total. The number of hydrogen-bond donors (Lipinski definition) is 4. The summed E-state index contributed by atoms with van der Waals surface area (Å²) < 4.78 is 0. The van der Waals surface area contributed by atoms with E-state index in [1.54, 1.807) is 6.07 Å². The van der Waals surface area contributed by atoms with Gasteiger partial charge in [-0.3, -0.25) is 19.2 Å². The molecule has 1 aliphatic rings. The van der Waals surface area contributed by atoms with Crippen molar-refractivity contribution in [3.05, 3.63) is 35.4 Å². The number of rotatable bonds is 6. The molecule has 1 aromatic carbocycles. The molecule has 0 saturated heterocycles. The molecule has 0 amide bonds. The zero-order valence-electron chi connectivity index (χ0n) is 12.5. The molecule has 0 fully saturated rings. The molecule has 2 atom stereocenters. The summed E-state index contributed by atoms with van der Waals surface area (Å²) >= 11 is 0. The minimum Gasteiger partial charge on any atom is -0.481 e. The van der Waals surface area contributed by atoms with Gasteiger partial charge in [0.05, 0.1) is 12.3 Å². The average molecular weight is 336 g/mol. The highest BCUT2D eigenvalue weighted by atomic mass is 16.4. The van der Waals surface area contributed by atoms with Crippen LogP contribution in [-0.2, 0) is 24.6 Å². The van der Waals surface area contributed by atoms with E-state index in [4.69, 9.17) is 5.11 Å². The second kappa shape index (κ2) is 6.31. The fourth-order valence-electron chi connectivity index (χ4n) is 3.41. The van der Waals surface area contributed by atoms with Gasteiger partial charge in [0.2, 0.25) is 0 Å². The molecule has 0 bridgehead atoms. The summed E-state index contributed by atoms with van der Waals surface area (Å²) in [6.07, 6.45) is -0.968. The van der Waals surface area contributed by atoms with Crippen LogP contribution in [0.3, 0.4) is 0 Å². The molecule has 8 heteroatoms. The number of carboxylic acids is 4. The molecular formula is C16H16O8. The minimum atomic E-state index is -2.15. The first-order valence-electron chi connectivity index (χ1n) is 7.22. The molecule has 1 aliphatic carbocycles. The highest BCUT2D eigenvalue weighted by Gasteiger charge is 2.53. The van der Waals surface area contributed by atoms with Gasteiger partial charge in [0.15, 0.2) is 5.41 Å². The average Bonchev–Trinajstić information content (AvgIpc) is 2.50. The number of carbonyl (C=O) groups is 4. The van der Waals surface area contributed by atoms with Gasteiger partial charge in [0.25, 0.3) is 0 Å². The Morgan fingerprint density at radius 1 is 1.04 bits per heavy atom. The van der Waals surface area contributed by atoms with Gasteiger partial charge >= 0.3 is 23.9 Å². The summed E-state index contributed by atoms with van der Waals surface area (Å²) in [5.41, 5.74) is -1.88. The van der Waals surface area contributed by atoms with Crippen LogP contribution in [0.1, 0.15) is 36.3 Å². The number of hydrogen-bond acceptors (Lipinski definition) is 4. The van der Waals surface area contributed by atoms with E-state index in [1.807, 2.05) is 0 Å². The fourth-order valence-corrected chi connectivity index (χ4v) is 3.41. The van der Waals surface area contributed by atoms with Crippen LogP contribution in [0.5, 0.6) is 0 Å². The van der Waals surface area contributed by atoms with Crippen LogP contribution in [0.15, 0.2) is 24.3 Å². The van der Waals surface area contributed by atoms with Crippen LogP contribution in [-0.4, -0.2) is 44.3 Å². The Labute approximate surface area is 136 Å². The van der Waals surface area contributed by atoms with E-state index >= 15 is 0 Å². The van der Waals surface area contributed by atoms with E-state index in [9.17, 15) is 34.5 Å². The standard InChI is InChI=1S/C16H16O8/c17-12(18)7-10(13(19)20)8-5-6-16(14(21)22,15(23)24)11-4-2-1-3-9(8)11/h1-4,8,10H,5-7H2,(H,17,18)(H,19,20)(H,21,22)(H,23,24). The largest absolute Gasteiger partial charge is 0.481 e. The number of carboxylic acid groups (broad SMARTS) is 4. The van der Waals surface area contributed by atoms with Gasteiger partial charge in [-0.25, -0.2) is 0 Å². The van der Waals surface area contributed by atoms with Crippen molar-refractivity contribution < 1.29 is 39.6 Å². The van der Waals surface area contributed by atoms with Crippen molar-refractivity contribution in [1.29, 1.82) is 0 Å². The SMILES string of the molecule is O=C(O)CC(C(=O)O)C1CCC(C(=O)O)(C(=O)O)c2ccccc21. The molecule has 24 heavy (non-hydrogen) atoms. The maximum Gasteiger partial charge on any atom is 0.325 e. The van der Waals surface area contributed by atoms with Gasteiger partial charge in [0, 0.05) is 0 Å². The van der Waals surface area contributed by atoms with Crippen molar-refractivity contribution in [1.82, 2.24) is 0 Å². The molecule has 0 aliphatic heterocycles. The highest BCUT2D eigenvalue weighted by Crippen LogP contribution is 2.47. The highest BCUT2D eigenvalue weighted by molar-refractivity contribution is 6.05. The third-order valence-corrected chi connectivity index (χ3v) is 4.58. The van der Waals surface area contributed by atoms with Crippen molar-refractivity contribution in [3.8, 4) is 0 Å². The lowest BCUT2D eigenvalue weighted by Gasteiger charge is -2.37. The zero-order valence-corrected chi connectivity index (χ0v) is 12.5. The summed E-state index contributed by atoms with van der Waals surface area (Å²) in [7, 11) is 0. The molecule has 2 unspecified atom stereocenters. The molecular weight excluding hydrogens is 320 g/mol. The van der Waals surface area contributed by atoms with Gasteiger partial charge in [-0.15, -0.1) is 0 Å². The van der Waals surface area contributed by atoms with Crippen LogP contribution >= 0.6 is 0 Å². The van der Waals surface area contributed by atoms with Crippen molar-refractivity contribution in [3.63, 3.8) is 0 Å². The lowest BCUT2D eigenvalue weighted by Crippen LogP contribution is -2.48. The van der Waals surface area contributed by atoms with Gasteiger partial charge < -0.3 is 20.4 Å². The lowest BCUT2D eigenvalue weighted by molar-refractivity contribution is -0.159. The summed E-state index contributed by atoms with van der Waals surface area (Å²) in [6.45, 7) is 0. The Morgan fingerprint density at radius 2 is 1.62 bits per heavy atom. The van der Waals surface area contributed by atoms with Gasteiger partial charge in [0.1, 0.15) is 0 Å². The molecule has 0 spiro atoms. The maximum absolute atomic E-state index is 11.7. The Morgan fingerprint density at radius 3 is 2.12 bits per heavy atom.